The van der Waals surface area contributed by atoms with Crippen LogP contribution in [-0.2, 0) is 15.9 Å². The highest BCUT2D eigenvalue weighted by molar-refractivity contribution is 5.97. The summed E-state index contributed by atoms with van der Waals surface area (Å²) in [5.41, 5.74) is 6.44. The van der Waals surface area contributed by atoms with E-state index in [4.69, 9.17) is 5.73 Å². The van der Waals surface area contributed by atoms with Gasteiger partial charge in [0.1, 0.15) is 5.67 Å². The molecule has 29 heavy (non-hydrogen) atoms. The van der Waals surface area contributed by atoms with E-state index >= 15 is 4.39 Å². The summed E-state index contributed by atoms with van der Waals surface area (Å²) in [6.07, 6.45) is 2.91. The van der Waals surface area contributed by atoms with Gasteiger partial charge in [0.25, 0.3) is 0 Å². The lowest BCUT2D eigenvalue weighted by molar-refractivity contribution is -0.120. The number of nitrogens with one attached hydrogen (secondary N) is 1. The molecule has 0 radical (unpaired) electrons. The van der Waals surface area contributed by atoms with E-state index in [0.717, 1.165) is 30.8 Å². The molecule has 7 heteroatoms. The summed E-state index contributed by atoms with van der Waals surface area (Å²) in [6.45, 7) is 12.9. The van der Waals surface area contributed by atoms with Crippen molar-refractivity contribution >= 4 is 11.6 Å². The van der Waals surface area contributed by atoms with E-state index in [1.54, 1.807) is 19.2 Å². The number of hydrogen-bond acceptors (Lipinski definition) is 5. The van der Waals surface area contributed by atoms with E-state index in [2.05, 4.69) is 36.0 Å². The van der Waals surface area contributed by atoms with Gasteiger partial charge >= 0.3 is 0 Å². The Labute approximate surface area is 174 Å². The Morgan fingerprint density at radius 1 is 1.48 bits per heavy atom. The van der Waals surface area contributed by atoms with Gasteiger partial charge in [-0.25, -0.2) is 4.39 Å². The molecule has 2 aliphatic rings. The normalized spacial score (nSPS) is 26.2. The van der Waals surface area contributed by atoms with Crippen LogP contribution in [0.1, 0.15) is 58.7 Å². The number of nitrogens with zero attached hydrogens (tertiary/aromatic N) is 3. The highest BCUT2D eigenvalue weighted by Crippen LogP contribution is 2.42. The highest BCUT2D eigenvalue weighted by atomic mass is 19.1. The van der Waals surface area contributed by atoms with Crippen LogP contribution in [-0.4, -0.2) is 60.6 Å². The van der Waals surface area contributed by atoms with Crippen molar-refractivity contribution in [3.63, 3.8) is 0 Å². The molecule has 0 aromatic carbocycles. The van der Waals surface area contributed by atoms with Crippen LogP contribution < -0.4 is 16.0 Å². The van der Waals surface area contributed by atoms with Gasteiger partial charge in [-0.05, 0) is 26.3 Å². The van der Waals surface area contributed by atoms with Crippen LogP contribution in [0.3, 0.4) is 0 Å². The predicted molar refractivity (Wildman–Crippen MR) is 115 cm³/mol. The molecule has 3 rings (SSSR count). The molecule has 1 fully saturated rings. The predicted octanol–water partition coefficient (Wildman–Crippen LogP) is 2.31. The van der Waals surface area contributed by atoms with Crippen molar-refractivity contribution in [1.29, 1.82) is 0 Å². The fourth-order valence-corrected chi connectivity index (χ4v) is 4.58. The van der Waals surface area contributed by atoms with Crippen LogP contribution in [0.25, 0.3) is 0 Å². The summed E-state index contributed by atoms with van der Waals surface area (Å²) in [6, 6.07) is 2.26. The lowest BCUT2D eigenvalue weighted by atomic mass is 9.87. The first-order valence-electron chi connectivity index (χ1n) is 10.8. The van der Waals surface area contributed by atoms with Gasteiger partial charge in [0, 0.05) is 55.4 Å². The summed E-state index contributed by atoms with van der Waals surface area (Å²) < 4.78 is 15.1. The van der Waals surface area contributed by atoms with E-state index in [0.29, 0.717) is 37.8 Å². The Morgan fingerprint density at radius 3 is 2.86 bits per heavy atom. The van der Waals surface area contributed by atoms with Crippen LogP contribution in [0.15, 0.2) is 12.3 Å². The molecule has 1 unspecified atom stereocenters. The number of nitrogens with two attached hydrogens (primary N) is 1. The molecule has 0 spiro atoms. The summed E-state index contributed by atoms with van der Waals surface area (Å²) in [5.74, 6) is 0.0394. The lowest BCUT2D eigenvalue weighted by Gasteiger charge is -2.39. The fourth-order valence-electron chi connectivity index (χ4n) is 4.58. The number of halogens is 1. The van der Waals surface area contributed by atoms with E-state index in [9.17, 15) is 4.79 Å². The first kappa shape index (κ1) is 22.1. The van der Waals surface area contributed by atoms with Gasteiger partial charge in [-0.2, -0.15) is 0 Å². The second kappa shape index (κ2) is 8.28. The molecule has 2 aliphatic heterocycles. The molecule has 3 N–H and O–H groups in total. The minimum absolute atomic E-state index is 0.0394. The van der Waals surface area contributed by atoms with E-state index in [1.807, 2.05) is 11.8 Å². The SMILES string of the molecule is CCCC(C)(F)c1cc2c(cn1)C(C)(C)CN2C(=O)CN1C[C@@H](C)NC[C@@H]1CN. The number of pyridine rings is 1. The maximum atomic E-state index is 15.1. The van der Waals surface area contributed by atoms with Crippen molar-refractivity contribution in [2.24, 2.45) is 5.73 Å². The largest absolute Gasteiger partial charge is 0.329 e. The number of amides is 1. The van der Waals surface area contributed by atoms with Crippen molar-refractivity contribution in [3.8, 4) is 0 Å². The minimum atomic E-state index is -1.50. The zero-order chi connectivity index (χ0) is 21.4. The van der Waals surface area contributed by atoms with Gasteiger partial charge in [0.2, 0.25) is 5.91 Å². The van der Waals surface area contributed by atoms with Gasteiger partial charge < -0.3 is 16.0 Å². The number of piperazine rings is 1. The molecular weight excluding hydrogens is 369 g/mol. The molecule has 3 atom stereocenters. The van der Waals surface area contributed by atoms with Crippen LogP contribution in [0, 0.1) is 0 Å². The monoisotopic (exact) mass is 405 g/mol. The number of hydrogen-bond donors (Lipinski definition) is 2. The van der Waals surface area contributed by atoms with Gasteiger partial charge in [-0.15, -0.1) is 0 Å². The first-order chi connectivity index (χ1) is 13.6. The van der Waals surface area contributed by atoms with E-state index < -0.39 is 5.67 Å². The molecule has 0 saturated carbocycles. The molecule has 1 amide bonds. The van der Waals surface area contributed by atoms with Crippen LogP contribution in [0.4, 0.5) is 10.1 Å². The van der Waals surface area contributed by atoms with Crippen molar-refractivity contribution in [1.82, 2.24) is 15.2 Å². The third-order valence-corrected chi connectivity index (χ3v) is 6.35. The Bertz CT molecular complexity index is 751. The highest BCUT2D eigenvalue weighted by Gasteiger charge is 2.41. The maximum absolute atomic E-state index is 15.1. The average Bonchev–Trinajstić information content (AvgIpc) is 2.93. The van der Waals surface area contributed by atoms with Crippen LogP contribution in [0.2, 0.25) is 0 Å². The standard InChI is InChI=1S/C22H36FN5O/c1-6-7-22(5,23)19-8-18-17(11-26-19)21(3,4)14-28(18)20(29)13-27-12-15(2)25-10-16(27)9-24/h8,11,15-16,25H,6-7,9-10,12-14,24H2,1-5H3/t15-,16+,22?/m1/s1. The Hall–Kier alpha value is -1.57. The van der Waals surface area contributed by atoms with Gasteiger partial charge in [0.05, 0.1) is 17.9 Å². The van der Waals surface area contributed by atoms with Crippen molar-refractivity contribution < 1.29 is 9.18 Å². The Balaban J connectivity index is 1.87. The van der Waals surface area contributed by atoms with Crippen LogP contribution in [0.5, 0.6) is 0 Å². The fraction of sp³-hybridized carbons (Fsp3) is 0.727. The smallest absolute Gasteiger partial charge is 0.241 e. The van der Waals surface area contributed by atoms with Crippen molar-refractivity contribution in [2.75, 3.05) is 37.6 Å². The summed E-state index contributed by atoms with van der Waals surface area (Å²) in [5, 5.41) is 3.42. The Kier molecular flexibility index (Phi) is 6.32. The number of carbonyl (C=O) groups excluding carboxylic acids is 1. The van der Waals surface area contributed by atoms with E-state index in [-0.39, 0.29) is 17.4 Å². The van der Waals surface area contributed by atoms with Crippen molar-refractivity contribution in [3.05, 3.63) is 23.5 Å². The number of aromatic nitrogens is 1. The second-order valence-corrected chi connectivity index (χ2v) is 9.53. The third kappa shape index (κ3) is 4.47. The van der Waals surface area contributed by atoms with Gasteiger partial charge in [0.15, 0.2) is 0 Å². The molecule has 0 bridgehead atoms. The van der Waals surface area contributed by atoms with Crippen LogP contribution >= 0.6 is 0 Å². The summed E-state index contributed by atoms with van der Waals surface area (Å²) in [7, 11) is 0. The Morgan fingerprint density at radius 2 is 2.21 bits per heavy atom. The van der Waals surface area contributed by atoms with Gasteiger partial charge in [-0.3, -0.25) is 14.7 Å². The average molecular weight is 406 g/mol. The number of anilines is 1. The molecule has 162 valence electrons. The topological polar surface area (TPSA) is 74.5 Å². The molecule has 1 aromatic rings. The molecule has 0 aliphatic carbocycles. The maximum Gasteiger partial charge on any atom is 0.241 e. The molecule has 1 aromatic heterocycles. The summed E-state index contributed by atoms with van der Waals surface area (Å²) in [4.78, 5) is 21.8. The van der Waals surface area contributed by atoms with Crippen molar-refractivity contribution in [2.45, 2.75) is 70.6 Å². The number of alkyl halides is 1. The van der Waals surface area contributed by atoms with Gasteiger partial charge in [-0.1, -0.05) is 27.2 Å². The second-order valence-electron chi connectivity index (χ2n) is 9.53. The first-order valence-corrected chi connectivity index (χ1v) is 10.8. The molecule has 6 nitrogen and oxygen atoms in total. The summed E-state index contributed by atoms with van der Waals surface area (Å²) >= 11 is 0. The molecule has 3 heterocycles. The van der Waals surface area contributed by atoms with E-state index in [1.165, 1.54) is 0 Å². The third-order valence-electron chi connectivity index (χ3n) is 6.35. The molecule has 1 saturated heterocycles. The zero-order valence-corrected chi connectivity index (χ0v) is 18.5. The molecular formula is C22H36FN5O. The quantitative estimate of drug-likeness (QED) is 0.760. The lowest BCUT2D eigenvalue weighted by Crippen LogP contribution is -2.60. The minimum Gasteiger partial charge on any atom is -0.329 e. The zero-order valence-electron chi connectivity index (χ0n) is 18.5. The number of fused-ring (bicyclic) bond motifs is 1. The number of carbonyl (C=O) groups is 1. The number of rotatable bonds is 6.